The van der Waals surface area contributed by atoms with Gasteiger partial charge in [-0.15, -0.1) is 0 Å². The topological polar surface area (TPSA) is 67.2 Å². The van der Waals surface area contributed by atoms with Gasteiger partial charge in [0, 0.05) is 11.6 Å². The van der Waals surface area contributed by atoms with Crippen molar-refractivity contribution < 1.29 is 9.21 Å². The van der Waals surface area contributed by atoms with Crippen LogP contribution in [0.25, 0.3) is 11.1 Å². The fourth-order valence-electron chi connectivity index (χ4n) is 2.70. The Kier molecular flexibility index (Phi) is 4.51. The van der Waals surface area contributed by atoms with Gasteiger partial charge in [-0.3, -0.25) is 4.79 Å². The molecule has 1 aliphatic carbocycles. The molecule has 0 unspecified atom stereocenters. The molecule has 1 fully saturated rings. The molecule has 0 bridgehead atoms. The van der Waals surface area contributed by atoms with Crippen molar-refractivity contribution in [1.82, 2.24) is 4.98 Å². The number of hydrogen-bond acceptors (Lipinski definition) is 4. The van der Waals surface area contributed by atoms with Gasteiger partial charge in [-0.05, 0) is 50.1 Å². The number of carbonyl (C=O) groups excluding carboxylic acids is 1. The summed E-state index contributed by atoms with van der Waals surface area (Å²) in [6, 6.07) is 10.3. The number of oxazole rings is 1. The molecule has 1 heterocycles. The van der Waals surface area contributed by atoms with Crippen LogP contribution in [0.15, 0.2) is 40.8 Å². The second-order valence-electron chi connectivity index (χ2n) is 6.47. The maximum absolute atomic E-state index is 12.4. The summed E-state index contributed by atoms with van der Waals surface area (Å²) in [5.41, 5.74) is 2.84. The molecule has 0 saturated heterocycles. The highest BCUT2D eigenvalue weighted by Crippen LogP contribution is 2.40. The number of nitrogens with zero attached hydrogens (tertiary/aromatic N) is 1. The van der Waals surface area contributed by atoms with Crippen molar-refractivity contribution in [3.05, 3.63) is 52.3 Å². The molecular formula is C19H17Cl2N3O2. The summed E-state index contributed by atoms with van der Waals surface area (Å²) in [6.45, 7) is 1.77. The summed E-state index contributed by atoms with van der Waals surface area (Å²) in [5.74, 6) is 1.05. The number of hydrogen-bond donors (Lipinski definition) is 2. The SMILES string of the molecule is C[C@H](Nc1ccc2oc(C3CC3)nc2c1)C(=O)Nc1cccc(Cl)c1Cl. The van der Waals surface area contributed by atoms with Crippen LogP contribution in [-0.2, 0) is 4.79 Å². The van der Waals surface area contributed by atoms with E-state index in [-0.39, 0.29) is 5.91 Å². The van der Waals surface area contributed by atoms with Gasteiger partial charge in [0.05, 0.1) is 15.7 Å². The third kappa shape index (κ3) is 3.50. The Bertz CT molecular complexity index is 982. The minimum Gasteiger partial charge on any atom is -0.440 e. The molecule has 0 aliphatic heterocycles. The van der Waals surface area contributed by atoms with E-state index >= 15 is 0 Å². The van der Waals surface area contributed by atoms with Crippen molar-refractivity contribution in [2.24, 2.45) is 0 Å². The largest absolute Gasteiger partial charge is 0.440 e. The highest BCUT2D eigenvalue weighted by Gasteiger charge is 2.29. The van der Waals surface area contributed by atoms with Gasteiger partial charge in [0.2, 0.25) is 5.91 Å². The zero-order valence-corrected chi connectivity index (χ0v) is 15.6. The second kappa shape index (κ2) is 6.82. The summed E-state index contributed by atoms with van der Waals surface area (Å²) in [5, 5.41) is 6.68. The molecule has 2 aromatic carbocycles. The van der Waals surface area contributed by atoms with Gasteiger partial charge < -0.3 is 15.1 Å². The fourth-order valence-corrected chi connectivity index (χ4v) is 3.04. The molecule has 134 valence electrons. The van der Waals surface area contributed by atoms with E-state index in [4.69, 9.17) is 27.6 Å². The maximum atomic E-state index is 12.4. The first-order valence-electron chi connectivity index (χ1n) is 8.43. The number of nitrogens with one attached hydrogen (secondary N) is 2. The molecule has 4 rings (SSSR count). The van der Waals surface area contributed by atoms with Crippen molar-refractivity contribution in [3.8, 4) is 0 Å². The normalized spacial score (nSPS) is 15.0. The lowest BCUT2D eigenvalue weighted by molar-refractivity contribution is -0.116. The molecule has 5 nitrogen and oxygen atoms in total. The van der Waals surface area contributed by atoms with Crippen molar-refractivity contribution in [3.63, 3.8) is 0 Å². The minimum absolute atomic E-state index is 0.215. The molecular weight excluding hydrogens is 373 g/mol. The number of amides is 1. The van der Waals surface area contributed by atoms with E-state index in [0.29, 0.717) is 21.7 Å². The first kappa shape index (κ1) is 17.2. The number of carbonyl (C=O) groups is 1. The lowest BCUT2D eigenvalue weighted by Gasteiger charge is -2.16. The molecule has 3 aromatic rings. The molecule has 0 spiro atoms. The molecule has 2 N–H and O–H groups in total. The molecule has 1 aromatic heterocycles. The molecule has 26 heavy (non-hydrogen) atoms. The standard InChI is InChI=1S/C19H17Cl2N3O2/c1-10(18(25)23-14-4-2-3-13(20)17(14)21)22-12-7-8-16-15(9-12)24-19(26-16)11-5-6-11/h2-4,7-11,22H,5-6H2,1H3,(H,23,25)/t10-/m0/s1. The molecule has 1 atom stereocenters. The summed E-state index contributed by atoms with van der Waals surface area (Å²) >= 11 is 12.1. The van der Waals surface area contributed by atoms with Gasteiger partial charge in [-0.25, -0.2) is 4.98 Å². The van der Waals surface area contributed by atoms with E-state index in [2.05, 4.69) is 15.6 Å². The monoisotopic (exact) mass is 389 g/mol. The number of anilines is 2. The molecule has 0 radical (unpaired) electrons. The van der Waals surface area contributed by atoms with Crippen LogP contribution in [0.5, 0.6) is 0 Å². The molecule has 1 saturated carbocycles. The third-order valence-electron chi connectivity index (χ3n) is 4.32. The van der Waals surface area contributed by atoms with Crippen molar-refractivity contribution in [1.29, 1.82) is 0 Å². The number of rotatable bonds is 5. The van der Waals surface area contributed by atoms with Crippen LogP contribution >= 0.6 is 23.2 Å². The highest BCUT2D eigenvalue weighted by atomic mass is 35.5. The lowest BCUT2D eigenvalue weighted by Crippen LogP contribution is -2.31. The fraction of sp³-hybridized carbons (Fsp3) is 0.263. The Morgan fingerprint density at radius 3 is 2.85 bits per heavy atom. The van der Waals surface area contributed by atoms with E-state index in [9.17, 15) is 4.79 Å². The number of fused-ring (bicyclic) bond motifs is 1. The molecule has 7 heteroatoms. The summed E-state index contributed by atoms with van der Waals surface area (Å²) in [7, 11) is 0. The zero-order chi connectivity index (χ0) is 18.3. The van der Waals surface area contributed by atoms with Crippen molar-refractivity contribution in [2.45, 2.75) is 31.7 Å². The van der Waals surface area contributed by atoms with E-state index in [1.54, 1.807) is 25.1 Å². The van der Waals surface area contributed by atoms with E-state index in [0.717, 1.165) is 35.5 Å². The van der Waals surface area contributed by atoms with E-state index in [1.807, 2.05) is 18.2 Å². The third-order valence-corrected chi connectivity index (χ3v) is 5.14. The van der Waals surface area contributed by atoms with Gasteiger partial charge in [0.25, 0.3) is 0 Å². The first-order valence-corrected chi connectivity index (χ1v) is 9.19. The van der Waals surface area contributed by atoms with Crippen LogP contribution < -0.4 is 10.6 Å². The van der Waals surface area contributed by atoms with Crippen LogP contribution in [0, 0.1) is 0 Å². The molecule has 1 aliphatic rings. The van der Waals surface area contributed by atoms with Gasteiger partial charge in [-0.2, -0.15) is 0 Å². The van der Waals surface area contributed by atoms with Crippen molar-refractivity contribution in [2.75, 3.05) is 10.6 Å². The highest BCUT2D eigenvalue weighted by molar-refractivity contribution is 6.44. The van der Waals surface area contributed by atoms with Crippen LogP contribution in [0.1, 0.15) is 31.6 Å². The maximum Gasteiger partial charge on any atom is 0.246 e. The Hall–Kier alpha value is -2.24. The number of aromatic nitrogens is 1. The van der Waals surface area contributed by atoms with Crippen LogP contribution in [0.4, 0.5) is 11.4 Å². The lowest BCUT2D eigenvalue weighted by atomic mass is 10.2. The summed E-state index contributed by atoms with van der Waals surface area (Å²) in [4.78, 5) is 17.0. The summed E-state index contributed by atoms with van der Waals surface area (Å²) < 4.78 is 5.76. The Morgan fingerprint density at radius 1 is 1.27 bits per heavy atom. The van der Waals surface area contributed by atoms with Gasteiger partial charge >= 0.3 is 0 Å². The van der Waals surface area contributed by atoms with Crippen LogP contribution in [-0.4, -0.2) is 16.9 Å². The predicted octanol–water partition coefficient (Wildman–Crippen LogP) is 5.45. The average molecular weight is 390 g/mol. The molecule has 1 amide bonds. The van der Waals surface area contributed by atoms with Crippen LogP contribution in [0.2, 0.25) is 10.0 Å². The number of halogens is 2. The average Bonchev–Trinajstić information content (AvgIpc) is 3.38. The van der Waals surface area contributed by atoms with E-state index in [1.165, 1.54) is 0 Å². The number of benzene rings is 2. The summed E-state index contributed by atoms with van der Waals surface area (Å²) in [6.07, 6.45) is 2.28. The Balaban J connectivity index is 1.46. The van der Waals surface area contributed by atoms with Gasteiger partial charge in [-0.1, -0.05) is 29.3 Å². The van der Waals surface area contributed by atoms with Crippen LogP contribution in [0.3, 0.4) is 0 Å². The predicted molar refractivity (Wildman–Crippen MR) is 104 cm³/mol. The van der Waals surface area contributed by atoms with Crippen molar-refractivity contribution >= 4 is 51.6 Å². The van der Waals surface area contributed by atoms with E-state index < -0.39 is 6.04 Å². The van der Waals surface area contributed by atoms with Gasteiger partial charge in [0.1, 0.15) is 11.6 Å². The second-order valence-corrected chi connectivity index (χ2v) is 7.25. The van der Waals surface area contributed by atoms with Gasteiger partial charge in [0.15, 0.2) is 11.5 Å². The minimum atomic E-state index is -0.475. The zero-order valence-electron chi connectivity index (χ0n) is 14.1. The quantitative estimate of drug-likeness (QED) is 0.608. The first-order chi connectivity index (χ1) is 12.5. The Morgan fingerprint density at radius 2 is 2.08 bits per heavy atom. The Labute approximate surface area is 160 Å². The smallest absolute Gasteiger partial charge is 0.246 e.